The zero-order valence-corrected chi connectivity index (χ0v) is 9.79. The predicted molar refractivity (Wildman–Crippen MR) is 60.4 cm³/mol. The van der Waals surface area contributed by atoms with Crippen molar-refractivity contribution in [3.05, 3.63) is 24.2 Å². The molecule has 90 valence electrons. The second-order valence-electron chi connectivity index (χ2n) is 3.91. The van der Waals surface area contributed by atoms with Crippen molar-refractivity contribution in [1.29, 1.82) is 0 Å². The number of piperidine rings is 1. The molecule has 0 bridgehead atoms. The van der Waals surface area contributed by atoms with Crippen LogP contribution in [0.25, 0.3) is 0 Å². The van der Waals surface area contributed by atoms with Gasteiger partial charge in [0.1, 0.15) is 5.76 Å². The van der Waals surface area contributed by atoms with Gasteiger partial charge in [0.2, 0.25) is 10.0 Å². The van der Waals surface area contributed by atoms with Crippen molar-refractivity contribution >= 4 is 10.0 Å². The SMILES string of the molecule is O=S(=O)(NCc1ccco1)C1CCCNC1. The minimum absolute atomic E-state index is 0.228. The van der Waals surface area contributed by atoms with E-state index in [4.69, 9.17) is 4.42 Å². The molecule has 16 heavy (non-hydrogen) atoms. The molecule has 1 unspecified atom stereocenters. The highest BCUT2D eigenvalue weighted by atomic mass is 32.2. The second-order valence-corrected chi connectivity index (χ2v) is 5.96. The van der Waals surface area contributed by atoms with Gasteiger partial charge < -0.3 is 9.73 Å². The predicted octanol–water partition coefficient (Wildman–Crippen LogP) is 0.451. The van der Waals surface area contributed by atoms with Gasteiger partial charge in [-0.25, -0.2) is 13.1 Å². The molecule has 0 radical (unpaired) electrons. The van der Waals surface area contributed by atoms with Gasteiger partial charge in [-0.15, -0.1) is 0 Å². The van der Waals surface area contributed by atoms with Crippen molar-refractivity contribution in [3.8, 4) is 0 Å². The number of hydrogen-bond donors (Lipinski definition) is 2. The van der Waals surface area contributed by atoms with E-state index in [0.717, 1.165) is 19.4 Å². The Morgan fingerprint density at radius 1 is 1.56 bits per heavy atom. The highest BCUT2D eigenvalue weighted by molar-refractivity contribution is 7.90. The van der Waals surface area contributed by atoms with E-state index in [1.54, 1.807) is 12.1 Å². The summed E-state index contributed by atoms with van der Waals surface area (Å²) < 4.78 is 31.4. The van der Waals surface area contributed by atoms with Gasteiger partial charge in [0, 0.05) is 6.54 Å². The van der Waals surface area contributed by atoms with E-state index >= 15 is 0 Å². The van der Waals surface area contributed by atoms with Crippen LogP contribution in [-0.2, 0) is 16.6 Å². The molecule has 2 N–H and O–H groups in total. The molecule has 1 atom stereocenters. The lowest BCUT2D eigenvalue weighted by Crippen LogP contribution is -2.43. The van der Waals surface area contributed by atoms with E-state index in [2.05, 4.69) is 10.0 Å². The lowest BCUT2D eigenvalue weighted by Gasteiger charge is -2.22. The summed E-state index contributed by atoms with van der Waals surface area (Å²) in [4.78, 5) is 0. The van der Waals surface area contributed by atoms with Crippen LogP contribution in [0.15, 0.2) is 22.8 Å². The first-order chi connectivity index (χ1) is 7.68. The Labute approximate surface area is 95.3 Å². The Balaban J connectivity index is 1.91. The van der Waals surface area contributed by atoms with Crippen LogP contribution in [0.1, 0.15) is 18.6 Å². The minimum atomic E-state index is -3.23. The molecular weight excluding hydrogens is 228 g/mol. The number of hydrogen-bond acceptors (Lipinski definition) is 4. The van der Waals surface area contributed by atoms with Gasteiger partial charge >= 0.3 is 0 Å². The molecule has 1 fully saturated rings. The third-order valence-electron chi connectivity index (χ3n) is 2.72. The summed E-state index contributed by atoms with van der Waals surface area (Å²) in [6, 6.07) is 3.49. The smallest absolute Gasteiger partial charge is 0.216 e. The van der Waals surface area contributed by atoms with Crippen LogP contribution in [-0.4, -0.2) is 26.8 Å². The third kappa shape index (κ3) is 2.84. The first-order valence-electron chi connectivity index (χ1n) is 5.40. The average Bonchev–Trinajstić information content (AvgIpc) is 2.81. The van der Waals surface area contributed by atoms with Crippen LogP contribution in [0.4, 0.5) is 0 Å². The van der Waals surface area contributed by atoms with E-state index in [0.29, 0.717) is 12.3 Å². The summed E-state index contributed by atoms with van der Waals surface area (Å²) in [6.07, 6.45) is 3.17. The second kappa shape index (κ2) is 4.99. The quantitative estimate of drug-likeness (QED) is 0.806. The van der Waals surface area contributed by atoms with Crippen molar-refractivity contribution in [1.82, 2.24) is 10.0 Å². The molecule has 0 aliphatic carbocycles. The maximum absolute atomic E-state index is 11.9. The van der Waals surface area contributed by atoms with Gasteiger partial charge in [0.15, 0.2) is 0 Å². The van der Waals surface area contributed by atoms with Crippen molar-refractivity contribution in [2.24, 2.45) is 0 Å². The van der Waals surface area contributed by atoms with Gasteiger partial charge in [-0.3, -0.25) is 0 Å². The van der Waals surface area contributed by atoms with Crippen LogP contribution >= 0.6 is 0 Å². The molecule has 1 aromatic rings. The molecule has 0 aromatic carbocycles. The molecule has 0 spiro atoms. The van der Waals surface area contributed by atoms with Crippen LogP contribution in [0.5, 0.6) is 0 Å². The van der Waals surface area contributed by atoms with E-state index in [1.165, 1.54) is 6.26 Å². The van der Waals surface area contributed by atoms with Crippen molar-refractivity contribution in [3.63, 3.8) is 0 Å². The van der Waals surface area contributed by atoms with Gasteiger partial charge in [-0.05, 0) is 31.5 Å². The fourth-order valence-corrected chi connectivity index (χ4v) is 3.18. The number of furan rings is 1. The van der Waals surface area contributed by atoms with Gasteiger partial charge in [0.25, 0.3) is 0 Å². The number of sulfonamides is 1. The fourth-order valence-electron chi connectivity index (χ4n) is 1.79. The number of nitrogens with one attached hydrogen (secondary N) is 2. The van der Waals surface area contributed by atoms with Crippen LogP contribution < -0.4 is 10.0 Å². The standard InChI is InChI=1S/C10H16N2O3S/c13-16(14,10-4-1-5-11-8-10)12-7-9-3-2-6-15-9/h2-3,6,10-12H,1,4-5,7-8H2. The van der Waals surface area contributed by atoms with E-state index < -0.39 is 10.0 Å². The molecule has 5 nitrogen and oxygen atoms in total. The molecule has 6 heteroatoms. The topological polar surface area (TPSA) is 71.3 Å². The molecule has 0 amide bonds. The Hall–Kier alpha value is -0.850. The normalized spacial score (nSPS) is 22.1. The van der Waals surface area contributed by atoms with Crippen molar-refractivity contribution < 1.29 is 12.8 Å². The van der Waals surface area contributed by atoms with Crippen LogP contribution in [0.2, 0.25) is 0 Å². The Morgan fingerprint density at radius 2 is 2.44 bits per heavy atom. The zero-order valence-electron chi connectivity index (χ0n) is 8.98. The lowest BCUT2D eigenvalue weighted by molar-refractivity contribution is 0.476. The Bertz CT molecular complexity index is 407. The number of rotatable bonds is 4. The largest absolute Gasteiger partial charge is 0.468 e. The average molecular weight is 244 g/mol. The van der Waals surface area contributed by atoms with Crippen LogP contribution in [0.3, 0.4) is 0 Å². The van der Waals surface area contributed by atoms with Crippen molar-refractivity contribution in [2.45, 2.75) is 24.6 Å². The lowest BCUT2D eigenvalue weighted by atomic mass is 10.2. The highest BCUT2D eigenvalue weighted by Crippen LogP contribution is 2.11. The monoisotopic (exact) mass is 244 g/mol. The molecule has 2 heterocycles. The summed E-state index contributed by atoms with van der Waals surface area (Å²) >= 11 is 0. The third-order valence-corrected chi connectivity index (χ3v) is 4.54. The maximum atomic E-state index is 11.9. The molecule has 1 aromatic heterocycles. The first-order valence-corrected chi connectivity index (χ1v) is 6.95. The Kier molecular flexibility index (Phi) is 3.63. The highest BCUT2D eigenvalue weighted by Gasteiger charge is 2.26. The van der Waals surface area contributed by atoms with E-state index in [-0.39, 0.29) is 11.8 Å². The summed E-state index contributed by atoms with van der Waals surface area (Å²) in [5, 5.41) is 2.77. The minimum Gasteiger partial charge on any atom is -0.468 e. The molecule has 1 saturated heterocycles. The molecule has 0 saturated carbocycles. The van der Waals surface area contributed by atoms with Crippen LogP contribution in [0, 0.1) is 0 Å². The summed E-state index contributed by atoms with van der Waals surface area (Å²) in [7, 11) is -3.23. The molecule has 2 rings (SSSR count). The van der Waals surface area contributed by atoms with Crippen molar-refractivity contribution in [2.75, 3.05) is 13.1 Å². The van der Waals surface area contributed by atoms with Gasteiger partial charge in [-0.1, -0.05) is 0 Å². The Morgan fingerprint density at radius 3 is 3.06 bits per heavy atom. The summed E-state index contributed by atoms with van der Waals surface area (Å²) in [5.41, 5.74) is 0. The zero-order chi connectivity index (χ0) is 11.4. The summed E-state index contributed by atoms with van der Waals surface area (Å²) in [5.74, 6) is 0.632. The summed E-state index contributed by atoms with van der Waals surface area (Å²) in [6.45, 7) is 1.67. The molecule has 1 aliphatic heterocycles. The molecular formula is C10H16N2O3S. The van der Waals surface area contributed by atoms with Gasteiger partial charge in [0.05, 0.1) is 18.1 Å². The molecule has 1 aliphatic rings. The van der Waals surface area contributed by atoms with E-state index in [1.807, 2.05) is 0 Å². The maximum Gasteiger partial charge on any atom is 0.216 e. The first kappa shape index (κ1) is 11.6. The fraction of sp³-hybridized carbons (Fsp3) is 0.600. The van der Waals surface area contributed by atoms with E-state index in [9.17, 15) is 8.42 Å². The van der Waals surface area contributed by atoms with Gasteiger partial charge in [-0.2, -0.15) is 0 Å².